The zero-order valence-corrected chi connectivity index (χ0v) is 24.3. The van der Waals surface area contributed by atoms with Crippen molar-refractivity contribution in [1.29, 1.82) is 0 Å². The lowest BCUT2D eigenvalue weighted by atomic mass is 9.89. The molecule has 0 saturated heterocycles. The van der Waals surface area contributed by atoms with Crippen LogP contribution in [-0.2, 0) is 16.1 Å². The minimum absolute atomic E-state index is 0.0116. The number of ether oxygens (including phenoxy) is 2. The fraction of sp³-hybridized carbons (Fsp3) is 0.500. The smallest absolute Gasteiger partial charge is 0.340 e. The highest BCUT2D eigenvalue weighted by Gasteiger charge is 2.36. The van der Waals surface area contributed by atoms with E-state index in [4.69, 9.17) is 9.47 Å². The van der Waals surface area contributed by atoms with Crippen LogP contribution in [0.4, 0.5) is 0 Å². The molecule has 0 atom stereocenters. The van der Waals surface area contributed by atoms with Crippen LogP contribution >= 0.6 is 0 Å². The van der Waals surface area contributed by atoms with Crippen molar-refractivity contribution in [3.63, 3.8) is 0 Å². The Bertz CT molecular complexity index is 1220. The van der Waals surface area contributed by atoms with Crippen molar-refractivity contribution in [2.45, 2.75) is 104 Å². The third kappa shape index (κ3) is 9.33. The Morgan fingerprint density at radius 3 is 1.76 bits per heavy atom. The molecule has 0 heterocycles. The van der Waals surface area contributed by atoms with Gasteiger partial charge < -0.3 is 24.8 Å². The summed E-state index contributed by atoms with van der Waals surface area (Å²) >= 11 is 0. The van der Waals surface area contributed by atoms with Crippen LogP contribution in [0.25, 0.3) is 0 Å². The van der Waals surface area contributed by atoms with Gasteiger partial charge in [0.25, 0.3) is 0 Å². The second kappa shape index (κ2) is 17.0. The Balaban J connectivity index is 2.70. The number of Topliss-reactive ketones (excluding diaryl/α,β-unsaturated/α-hetero) is 2. The summed E-state index contributed by atoms with van der Waals surface area (Å²) in [7, 11) is 0. The molecule has 0 bridgehead atoms. The molecule has 2 rings (SSSR count). The van der Waals surface area contributed by atoms with E-state index in [0.29, 0.717) is 32.1 Å². The molecule has 0 aromatic heterocycles. The molecule has 3 N–H and O–H groups in total. The molecule has 0 saturated carbocycles. The number of phenols is 3. The van der Waals surface area contributed by atoms with E-state index < -0.39 is 64.1 Å². The Hall–Kier alpha value is -3.88. The van der Waals surface area contributed by atoms with Crippen LogP contribution in [0.1, 0.15) is 134 Å². The maximum Gasteiger partial charge on any atom is 0.340 e. The predicted octanol–water partition coefficient (Wildman–Crippen LogP) is 7.17. The van der Waals surface area contributed by atoms with Gasteiger partial charge in [-0.1, -0.05) is 77.5 Å². The first kappa shape index (κ1) is 33.3. The minimum atomic E-state index is -1.13. The third-order valence-electron chi connectivity index (χ3n) is 6.73. The van der Waals surface area contributed by atoms with Crippen molar-refractivity contribution >= 4 is 23.5 Å². The number of phenolic OH excluding ortho intramolecular Hbond substituents is 3. The summed E-state index contributed by atoms with van der Waals surface area (Å²) in [6, 6.07) is 6.18. The molecule has 0 fully saturated rings. The van der Waals surface area contributed by atoms with Gasteiger partial charge in [-0.3, -0.25) is 14.4 Å². The molecule has 0 spiro atoms. The first-order chi connectivity index (χ1) is 19.7. The van der Waals surface area contributed by atoms with E-state index in [1.807, 2.05) is 20.8 Å². The lowest BCUT2D eigenvalue weighted by Crippen LogP contribution is -2.21. The standard InChI is InChI=1S/C32H42O9/c1-4-7-10-17-23(34)26-28(32(39)40-20-21-15-13-14-16-22(21)33)27(24(35)18-11-8-5-2)31(30(38)29(26)37)41-25(36)19-12-9-6-3/h13-16,33,37-38H,4-12,17-20H2,1-3H3. The van der Waals surface area contributed by atoms with Gasteiger partial charge in [-0.05, 0) is 25.3 Å². The van der Waals surface area contributed by atoms with Gasteiger partial charge >= 0.3 is 11.9 Å². The maximum absolute atomic E-state index is 13.6. The van der Waals surface area contributed by atoms with Gasteiger partial charge in [0.2, 0.25) is 5.75 Å². The zero-order valence-electron chi connectivity index (χ0n) is 24.3. The molecule has 41 heavy (non-hydrogen) atoms. The van der Waals surface area contributed by atoms with E-state index in [0.717, 1.165) is 25.7 Å². The van der Waals surface area contributed by atoms with Crippen molar-refractivity contribution in [3.8, 4) is 23.0 Å². The average Bonchev–Trinajstić information content (AvgIpc) is 2.95. The Labute approximate surface area is 241 Å². The summed E-state index contributed by atoms with van der Waals surface area (Å²) in [6.45, 7) is 5.47. The van der Waals surface area contributed by atoms with E-state index in [2.05, 4.69) is 0 Å². The molecular formula is C32H42O9. The molecule has 0 aliphatic rings. The summed E-state index contributed by atoms with van der Waals surface area (Å²) in [5.74, 6) is -5.89. The van der Waals surface area contributed by atoms with Crippen LogP contribution in [0.5, 0.6) is 23.0 Å². The number of aromatic hydroxyl groups is 3. The van der Waals surface area contributed by atoms with Crippen molar-refractivity contribution in [2.24, 2.45) is 0 Å². The summed E-state index contributed by atoms with van der Waals surface area (Å²) in [6.07, 6.45) is 5.93. The van der Waals surface area contributed by atoms with E-state index >= 15 is 0 Å². The van der Waals surface area contributed by atoms with Crippen LogP contribution in [0.2, 0.25) is 0 Å². The highest BCUT2D eigenvalue weighted by atomic mass is 16.5. The van der Waals surface area contributed by atoms with Crippen LogP contribution < -0.4 is 4.74 Å². The van der Waals surface area contributed by atoms with Gasteiger partial charge in [-0.25, -0.2) is 4.79 Å². The number of hydrogen-bond donors (Lipinski definition) is 3. The molecule has 9 nitrogen and oxygen atoms in total. The second-order valence-electron chi connectivity index (χ2n) is 10.0. The fourth-order valence-electron chi connectivity index (χ4n) is 4.40. The molecule has 0 amide bonds. The molecule has 224 valence electrons. The van der Waals surface area contributed by atoms with Crippen LogP contribution in [-0.4, -0.2) is 38.8 Å². The van der Waals surface area contributed by atoms with Crippen LogP contribution in [0.15, 0.2) is 24.3 Å². The van der Waals surface area contributed by atoms with E-state index in [-0.39, 0.29) is 30.6 Å². The number of carbonyl (C=O) groups excluding carboxylic acids is 4. The van der Waals surface area contributed by atoms with Gasteiger partial charge in [0.15, 0.2) is 23.1 Å². The van der Waals surface area contributed by atoms with E-state index in [9.17, 15) is 34.5 Å². The van der Waals surface area contributed by atoms with Gasteiger partial charge in [-0.2, -0.15) is 0 Å². The largest absolute Gasteiger partial charge is 0.508 e. The Kier molecular flexibility index (Phi) is 13.9. The molecule has 0 aliphatic heterocycles. The SMILES string of the molecule is CCCCCC(=O)Oc1c(O)c(O)c(C(=O)CCCCC)c(C(=O)OCc2ccccc2O)c1C(=O)CCCCC. The van der Waals surface area contributed by atoms with Gasteiger partial charge in [0, 0.05) is 24.8 Å². The number of esters is 2. The number of rotatable bonds is 18. The highest BCUT2D eigenvalue weighted by Crippen LogP contribution is 2.46. The molecule has 2 aromatic carbocycles. The van der Waals surface area contributed by atoms with Crippen molar-refractivity contribution in [3.05, 3.63) is 46.5 Å². The lowest BCUT2D eigenvalue weighted by Gasteiger charge is -2.20. The molecule has 0 radical (unpaired) electrons. The predicted molar refractivity (Wildman–Crippen MR) is 154 cm³/mol. The molecule has 9 heteroatoms. The van der Waals surface area contributed by atoms with Gasteiger partial charge in [0.05, 0.1) is 16.7 Å². The molecular weight excluding hydrogens is 528 g/mol. The number of para-hydroxylation sites is 1. The molecule has 0 aliphatic carbocycles. The van der Waals surface area contributed by atoms with E-state index in [1.165, 1.54) is 12.1 Å². The topological polar surface area (TPSA) is 147 Å². The van der Waals surface area contributed by atoms with Crippen LogP contribution in [0.3, 0.4) is 0 Å². The van der Waals surface area contributed by atoms with Crippen molar-refractivity contribution in [1.82, 2.24) is 0 Å². The second-order valence-corrected chi connectivity index (χ2v) is 10.0. The first-order valence-electron chi connectivity index (χ1n) is 14.5. The number of carbonyl (C=O) groups is 4. The first-order valence-corrected chi connectivity index (χ1v) is 14.5. The zero-order chi connectivity index (χ0) is 30.4. The lowest BCUT2D eigenvalue weighted by molar-refractivity contribution is -0.134. The van der Waals surface area contributed by atoms with Gasteiger partial charge in [-0.15, -0.1) is 0 Å². The number of unbranched alkanes of at least 4 members (excludes halogenated alkanes) is 6. The minimum Gasteiger partial charge on any atom is -0.508 e. The maximum atomic E-state index is 13.6. The summed E-state index contributed by atoms with van der Waals surface area (Å²) < 4.78 is 10.8. The third-order valence-corrected chi connectivity index (χ3v) is 6.73. The molecule has 0 unspecified atom stereocenters. The van der Waals surface area contributed by atoms with E-state index in [1.54, 1.807) is 12.1 Å². The quantitative estimate of drug-likeness (QED) is 0.0557. The van der Waals surface area contributed by atoms with Crippen molar-refractivity contribution in [2.75, 3.05) is 0 Å². The highest BCUT2D eigenvalue weighted by molar-refractivity contribution is 6.17. The Morgan fingerprint density at radius 1 is 0.659 bits per heavy atom. The summed E-state index contributed by atoms with van der Waals surface area (Å²) in [5, 5.41) is 32.0. The Morgan fingerprint density at radius 2 is 1.20 bits per heavy atom. The summed E-state index contributed by atoms with van der Waals surface area (Å²) in [5.41, 5.74) is -1.31. The normalized spacial score (nSPS) is 10.8. The van der Waals surface area contributed by atoms with Crippen LogP contribution in [0, 0.1) is 0 Å². The molecule has 2 aromatic rings. The van der Waals surface area contributed by atoms with Crippen molar-refractivity contribution < 1.29 is 44.0 Å². The average molecular weight is 571 g/mol. The van der Waals surface area contributed by atoms with Gasteiger partial charge in [0.1, 0.15) is 12.4 Å². The summed E-state index contributed by atoms with van der Waals surface area (Å²) in [4.78, 5) is 53.2. The monoisotopic (exact) mass is 570 g/mol. The number of benzene rings is 2. The number of ketones is 2. The fourth-order valence-corrected chi connectivity index (χ4v) is 4.40. The number of hydrogen-bond acceptors (Lipinski definition) is 9.